The van der Waals surface area contributed by atoms with Crippen LogP contribution in [0.2, 0.25) is 15.1 Å². The Morgan fingerprint density at radius 1 is 1.17 bits per heavy atom. The van der Waals surface area contributed by atoms with Crippen molar-refractivity contribution < 1.29 is 13.9 Å². The third-order valence-electron chi connectivity index (χ3n) is 3.65. The number of thioether (sulfide) groups is 1. The first kappa shape index (κ1) is 21.7. The molecule has 3 aromatic rings. The summed E-state index contributed by atoms with van der Waals surface area (Å²) in [4.78, 5) is 12.2. The lowest BCUT2D eigenvalue weighted by molar-refractivity contribution is -0.113. The normalized spacial score (nSPS) is 10.8. The predicted octanol–water partition coefficient (Wildman–Crippen LogP) is 5.22. The molecule has 0 aliphatic heterocycles. The number of nitrogens with zero attached hydrogens (tertiary/aromatic N) is 3. The minimum absolute atomic E-state index is 0.0859. The molecule has 6 nitrogen and oxygen atoms in total. The van der Waals surface area contributed by atoms with E-state index in [1.165, 1.54) is 30.0 Å². The van der Waals surface area contributed by atoms with E-state index in [4.69, 9.17) is 39.5 Å². The zero-order valence-electron chi connectivity index (χ0n) is 15.0. The number of hydrogen-bond acceptors (Lipinski definition) is 5. The van der Waals surface area contributed by atoms with Gasteiger partial charge in [0.05, 0.1) is 10.8 Å². The Balaban J connectivity index is 1.55. The van der Waals surface area contributed by atoms with Gasteiger partial charge >= 0.3 is 0 Å². The molecule has 0 radical (unpaired) electrons. The second-order valence-electron chi connectivity index (χ2n) is 5.82. The van der Waals surface area contributed by atoms with E-state index in [0.717, 1.165) is 0 Å². The van der Waals surface area contributed by atoms with Crippen LogP contribution in [0.4, 0.5) is 10.1 Å². The smallest absolute Gasteiger partial charge is 0.234 e. The highest BCUT2D eigenvalue weighted by molar-refractivity contribution is 7.99. The first-order valence-corrected chi connectivity index (χ1v) is 10.3. The van der Waals surface area contributed by atoms with Gasteiger partial charge in [-0.2, -0.15) is 0 Å². The standard InChI is InChI=1S/C18H14Cl3FN4O2S/c1-26-16(8-28-15-3-2-12(22)7-14(15)21)24-25-18(26)29-9-17(27)23-13-5-10(19)4-11(20)6-13/h2-7H,8-9H2,1H3,(H,23,27). The summed E-state index contributed by atoms with van der Waals surface area (Å²) < 4.78 is 20.4. The van der Waals surface area contributed by atoms with Gasteiger partial charge in [0.1, 0.15) is 18.2 Å². The highest BCUT2D eigenvalue weighted by Crippen LogP contribution is 2.26. The molecule has 11 heteroatoms. The van der Waals surface area contributed by atoms with Crippen LogP contribution in [0.3, 0.4) is 0 Å². The molecule has 0 atom stereocenters. The largest absolute Gasteiger partial charge is 0.484 e. The molecular formula is C18H14Cl3FN4O2S. The first-order valence-electron chi connectivity index (χ1n) is 8.16. The lowest BCUT2D eigenvalue weighted by Gasteiger charge is -2.08. The maximum atomic E-state index is 13.1. The van der Waals surface area contributed by atoms with E-state index in [1.54, 1.807) is 29.8 Å². The molecule has 1 amide bonds. The summed E-state index contributed by atoms with van der Waals surface area (Å²) >= 11 is 19.0. The molecule has 1 N–H and O–H groups in total. The van der Waals surface area contributed by atoms with Crippen LogP contribution >= 0.6 is 46.6 Å². The molecule has 0 aliphatic rings. The Bertz CT molecular complexity index is 1030. The number of halogens is 4. The maximum Gasteiger partial charge on any atom is 0.234 e. The van der Waals surface area contributed by atoms with Gasteiger partial charge in [0.2, 0.25) is 5.91 Å². The van der Waals surface area contributed by atoms with Gasteiger partial charge in [0.15, 0.2) is 11.0 Å². The second-order valence-corrected chi connectivity index (χ2v) is 8.04. The van der Waals surface area contributed by atoms with Crippen molar-refractivity contribution in [1.82, 2.24) is 14.8 Å². The minimum Gasteiger partial charge on any atom is -0.484 e. The van der Waals surface area contributed by atoms with Crippen LogP contribution in [0, 0.1) is 5.82 Å². The fourth-order valence-corrected chi connectivity index (χ4v) is 3.76. The lowest BCUT2D eigenvalue weighted by atomic mass is 10.3. The second kappa shape index (κ2) is 9.67. The highest BCUT2D eigenvalue weighted by atomic mass is 35.5. The van der Waals surface area contributed by atoms with Gasteiger partial charge in [-0.25, -0.2) is 4.39 Å². The Kier molecular flexibility index (Phi) is 7.23. The molecule has 152 valence electrons. The van der Waals surface area contributed by atoms with Crippen molar-refractivity contribution in [3.63, 3.8) is 0 Å². The van der Waals surface area contributed by atoms with Crippen molar-refractivity contribution in [2.45, 2.75) is 11.8 Å². The van der Waals surface area contributed by atoms with Gasteiger partial charge in [-0.1, -0.05) is 46.6 Å². The van der Waals surface area contributed by atoms with Crippen molar-refractivity contribution in [1.29, 1.82) is 0 Å². The molecule has 1 heterocycles. The number of amides is 1. The van der Waals surface area contributed by atoms with E-state index in [1.807, 2.05) is 0 Å². The average Bonchev–Trinajstić information content (AvgIpc) is 2.98. The van der Waals surface area contributed by atoms with Crippen LogP contribution in [-0.4, -0.2) is 26.4 Å². The van der Waals surface area contributed by atoms with E-state index >= 15 is 0 Å². The molecule has 0 fully saturated rings. The van der Waals surface area contributed by atoms with E-state index in [2.05, 4.69) is 15.5 Å². The number of nitrogens with one attached hydrogen (secondary N) is 1. The molecule has 0 saturated carbocycles. The summed E-state index contributed by atoms with van der Waals surface area (Å²) in [7, 11) is 1.75. The van der Waals surface area contributed by atoms with Crippen molar-refractivity contribution >= 4 is 58.2 Å². The number of aromatic nitrogens is 3. The third-order valence-corrected chi connectivity index (χ3v) is 5.41. The van der Waals surface area contributed by atoms with Crippen LogP contribution in [0.1, 0.15) is 5.82 Å². The van der Waals surface area contributed by atoms with Crippen molar-refractivity contribution in [2.24, 2.45) is 7.05 Å². The van der Waals surface area contributed by atoms with Crippen LogP contribution < -0.4 is 10.1 Å². The van der Waals surface area contributed by atoms with E-state index < -0.39 is 5.82 Å². The molecule has 29 heavy (non-hydrogen) atoms. The SMILES string of the molecule is Cn1c(COc2ccc(F)cc2Cl)nnc1SCC(=O)Nc1cc(Cl)cc(Cl)c1. The summed E-state index contributed by atoms with van der Waals surface area (Å²) in [5.41, 5.74) is 0.510. The Morgan fingerprint density at radius 3 is 2.59 bits per heavy atom. The van der Waals surface area contributed by atoms with Gasteiger partial charge in [-0.15, -0.1) is 10.2 Å². The molecule has 0 aliphatic carbocycles. The number of anilines is 1. The zero-order valence-corrected chi connectivity index (χ0v) is 18.0. The molecule has 0 saturated heterocycles. The van der Waals surface area contributed by atoms with Gasteiger partial charge in [0, 0.05) is 22.8 Å². The van der Waals surface area contributed by atoms with Crippen molar-refractivity contribution in [3.05, 3.63) is 63.1 Å². The third kappa shape index (κ3) is 5.99. The number of carbonyl (C=O) groups is 1. The van der Waals surface area contributed by atoms with Crippen LogP contribution in [0.15, 0.2) is 41.6 Å². The Hall–Kier alpha value is -2.00. The number of ether oxygens (including phenoxy) is 1. The molecule has 2 aromatic carbocycles. The Labute approximate surface area is 185 Å². The van der Waals surface area contributed by atoms with E-state index in [9.17, 15) is 9.18 Å². The van der Waals surface area contributed by atoms with Gasteiger partial charge < -0.3 is 14.6 Å². The predicted molar refractivity (Wildman–Crippen MR) is 113 cm³/mol. The quantitative estimate of drug-likeness (QED) is 0.474. The minimum atomic E-state index is -0.446. The van der Waals surface area contributed by atoms with Crippen LogP contribution in [0.5, 0.6) is 5.75 Å². The fraction of sp³-hybridized carbons (Fsp3) is 0.167. The van der Waals surface area contributed by atoms with Crippen LogP contribution in [0.25, 0.3) is 0 Å². The number of rotatable bonds is 7. The number of benzene rings is 2. The molecular weight excluding hydrogens is 462 g/mol. The van der Waals surface area contributed by atoms with E-state index in [0.29, 0.717) is 32.5 Å². The maximum absolute atomic E-state index is 13.1. The highest BCUT2D eigenvalue weighted by Gasteiger charge is 2.13. The lowest BCUT2D eigenvalue weighted by Crippen LogP contribution is -2.14. The van der Waals surface area contributed by atoms with Gasteiger partial charge in [-0.3, -0.25) is 4.79 Å². The van der Waals surface area contributed by atoms with Gasteiger partial charge in [-0.05, 0) is 36.4 Å². The number of carbonyl (C=O) groups excluding carboxylic acids is 1. The van der Waals surface area contributed by atoms with Crippen molar-refractivity contribution in [2.75, 3.05) is 11.1 Å². The summed E-state index contributed by atoms with van der Waals surface area (Å²) in [6, 6.07) is 8.65. The number of hydrogen-bond donors (Lipinski definition) is 1. The first-order chi connectivity index (χ1) is 13.8. The average molecular weight is 476 g/mol. The molecule has 3 rings (SSSR count). The van der Waals surface area contributed by atoms with Crippen molar-refractivity contribution in [3.8, 4) is 5.75 Å². The molecule has 0 bridgehead atoms. The van der Waals surface area contributed by atoms with E-state index in [-0.39, 0.29) is 23.3 Å². The Morgan fingerprint density at radius 2 is 1.90 bits per heavy atom. The monoisotopic (exact) mass is 474 g/mol. The summed E-state index contributed by atoms with van der Waals surface area (Å²) in [5, 5.41) is 12.4. The summed E-state index contributed by atoms with van der Waals surface area (Å²) in [6.45, 7) is 0.0859. The molecule has 1 aromatic heterocycles. The molecule has 0 unspecified atom stereocenters. The fourth-order valence-electron chi connectivity index (χ4n) is 2.28. The van der Waals surface area contributed by atoms with Crippen LogP contribution in [-0.2, 0) is 18.4 Å². The van der Waals surface area contributed by atoms with Gasteiger partial charge in [0.25, 0.3) is 0 Å². The molecule has 0 spiro atoms. The zero-order chi connectivity index (χ0) is 21.0. The summed E-state index contributed by atoms with van der Waals surface area (Å²) in [5.74, 6) is 0.283. The topological polar surface area (TPSA) is 69.0 Å². The summed E-state index contributed by atoms with van der Waals surface area (Å²) in [6.07, 6.45) is 0.